The molecule has 0 aromatic heterocycles. The number of nitrogens with zero attached hydrogens (tertiary/aromatic N) is 1. The summed E-state index contributed by atoms with van der Waals surface area (Å²) in [5.41, 5.74) is 5.25. The van der Waals surface area contributed by atoms with Crippen molar-refractivity contribution in [2.75, 3.05) is 39.5 Å². The van der Waals surface area contributed by atoms with Crippen LogP contribution in [-0.2, 0) is 167 Å². The van der Waals surface area contributed by atoms with E-state index in [-0.39, 0.29) is 25.8 Å². The van der Waals surface area contributed by atoms with Crippen LogP contribution in [0.15, 0.2) is 0 Å². The summed E-state index contributed by atoms with van der Waals surface area (Å²) in [6, 6.07) is -16.1. The van der Waals surface area contributed by atoms with Crippen LogP contribution in [0, 0.1) is 5.92 Å². The molecule has 0 aromatic rings. The van der Waals surface area contributed by atoms with Gasteiger partial charge in [-0.05, 0) is 52.4 Å². The fourth-order valence-electron chi connectivity index (χ4n) is 13.3. The number of hydrogen-bond acceptors (Lipinski definition) is 35. The second-order valence-corrected chi connectivity index (χ2v) is 29.1. The summed E-state index contributed by atoms with van der Waals surface area (Å²) in [6.07, 6.45) is -27.0. The van der Waals surface area contributed by atoms with Crippen molar-refractivity contribution in [3.63, 3.8) is 0 Å². The molecule has 4 aliphatic rings. The van der Waals surface area contributed by atoms with Crippen molar-refractivity contribution in [3.8, 4) is 0 Å². The first-order chi connectivity index (χ1) is 56.5. The van der Waals surface area contributed by atoms with Gasteiger partial charge in [-0.2, -0.15) is 0 Å². The highest BCUT2D eigenvalue weighted by atomic mass is 16.7. The number of hydrogen-bond donors (Lipinski definition) is 12. The standard InChI is InChI=1S/C73H110N12O36/c1-29(2)23-46(82-66(103)45(78-33(6)86)20-21-53(100)101)67(104)77-30(3)65(102)83-55(32(5)112-73-58(81-36(9)89)64(118-44(17)97)61(115-41(14)94)50(121-73)28-110-71-56(79-34(7)87)62(116-42(15)95)59(113-39(12)92)48(119-71)26-108-37(10)90)70(107)84-54(69(106)76-25-52(99)85-22-18-19-47(85)68(105)75-24-51(74)98)31(4)111-72-57(80-35(8)88)63(117-43(16)96)60(114-40(13)93)49(120-72)27-109-38(11)91/h29-32,45-50,54-64,71-73H,18-28H2,1-17H3,(H2,74,98)(H,75,105)(H,76,106)(H,77,104)(H,78,86)(H,79,87)(H,80,88)(H,81,89)(H,82,103)(H,83,102)(H,84,107)(H,100,101)/t30-,31+,32+,45-,46-,47-,48+,49+,50+,54-,55-,56+,57+,58+,59-,60-,61-,62+,63+,64+,71-,72-,73-/m0/s1. The first kappa shape index (κ1) is 102. The van der Waals surface area contributed by atoms with Crippen LogP contribution < -0.4 is 58.9 Å². The molecule has 121 heavy (non-hydrogen) atoms. The van der Waals surface area contributed by atoms with E-state index in [0.29, 0.717) is 0 Å². The maximum Gasteiger partial charge on any atom is 0.303 e. The third kappa shape index (κ3) is 33.3. The van der Waals surface area contributed by atoms with E-state index in [1.807, 2.05) is 0 Å². The number of ether oxygens (including phenoxy) is 14. The molecule has 4 heterocycles. The average Bonchev–Trinajstić information content (AvgIpc) is 0.928. The Bertz CT molecular complexity index is 3790. The van der Waals surface area contributed by atoms with Crippen molar-refractivity contribution in [1.82, 2.24) is 58.1 Å². The lowest BCUT2D eigenvalue weighted by atomic mass is 9.95. The lowest BCUT2D eigenvalue weighted by molar-refractivity contribution is -0.312. The minimum atomic E-state index is -2.36. The molecule has 0 spiro atoms. The second-order valence-electron chi connectivity index (χ2n) is 29.1. The summed E-state index contributed by atoms with van der Waals surface area (Å²) in [6.45, 7) is 14.0. The first-order valence-electron chi connectivity index (χ1n) is 38.3. The number of likely N-dealkylation sites (tertiary alicyclic amines) is 1. The van der Waals surface area contributed by atoms with E-state index in [1.165, 1.54) is 0 Å². The Hall–Kier alpha value is -11.4. The van der Waals surface area contributed by atoms with E-state index in [9.17, 15) is 91.4 Å². The summed E-state index contributed by atoms with van der Waals surface area (Å²) in [7, 11) is 0. The van der Waals surface area contributed by atoms with Gasteiger partial charge in [-0.15, -0.1) is 0 Å². The molecule has 13 N–H and O–H groups in total. The number of rotatable bonds is 42. The summed E-state index contributed by atoms with van der Waals surface area (Å²) < 4.78 is 82.4. The van der Waals surface area contributed by atoms with Crippen molar-refractivity contribution < 1.29 is 172 Å². The molecule has 678 valence electrons. The lowest BCUT2D eigenvalue weighted by Gasteiger charge is -2.47. The molecule has 0 aromatic carbocycles. The summed E-state index contributed by atoms with van der Waals surface area (Å²) in [4.78, 5) is 281. The van der Waals surface area contributed by atoms with Gasteiger partial charge >= 0.3 is 53.7 Å². The SMILES string of the molecule is CC(=O)N[C@H]1[C@@H](OC[C@H]2O[C@H](O[C@H](C)[C@H](NC(=O)[C@H](C)NC(=O)[C@H](CC(C)C)NC(=O)[C@H](CCC(=O)O)NC(C)=O)C(=O)N[C@H](C(=O)NCC(=O)N3CCC[C@H]3C(=O)NCC(N)=O)[C@@H](C)O[C@H]3O[C@H](COC(C)=O)[C@H](OC(C)=O)[C@H](OC(C)=O)[C@H]3NC(C)=O)[C@H](NC(C)=O)[C@@H](OC(C)=O)[C@H]2OC(C)=O)O[C@H](COC(C)=O)[C@H](OC(C)=O)[C@@H]1OC(C)=O. The van der Waals surface area contributed by atoms with E-state index in [2.05, 4.69) is 53.2 Å². The van der Waals surface area contributed by atoms with Crippen LogP contribution in [0.4, 0.5) is 0 Å². The van der Waals surface area contributed by atoms with Crippen molar-refractivity contribution in [2.24, 2.45) is 11.7 Å². The maximum absolute atomic E-state index is 16.0. The number of nitrogens with two attached hydrogens (primary N) is 1. The number of amides is 12. The van der Waals surface area contributed by atoms with E-state index in [0.717, 1.165) is 109 Å². The lowest BCUT2D eigenvalue weighted by Crippen LogP contribution is -2.69. The number of primary amides is 1. The quantitative estimate of drug-likeness (QED) is 0.0200. The molecule has 0 unspecified atom stereocenters. The molecular formula is C73H110N12O36. The highest BCUT2D eigenvalue weighted by molar-refractivity contribution is 5.98. The number of carbonyl (C=O) groups is 21. The highest BCUT2D eigenvalue weighted by Crippen LogP contribution is 2.34. The Morgan fingerprint density at radius 2 is 0.826 bits per heavy atom. The Balaban J connectivity index is 2.05. The van der Waals surface area contributed by atoms with Gasteiger partial charge in [0, 0.05) is 96.1 Å². The molecule has 4 rings (SSSR count). The molecule has 4 aliphatic heterocycles. The van der Waals surface area contributed by atoms with Crippen LogP contribution in [0.1, 0.15) is 150 Å². The smallest absolute Gasteiger partial charge is 0.303 e. The zero-order chi connectivity index (χ0) is 91.3. The number of aliphatic carboxylic acids is 1. The zero-order valence-electron chi connectivity index (χ0n) is 69.9. The Morgan fingerprint density at radius 3 is 1.22 bits per heavy atom. The van der Waals surface area contributed by atoms with Crippen LogP contribution >= 0.6 is 0 Å². The molecule has 48 heteroatoms. The number of carboxylic acids is 1. The molecule has 0 bridgehead atoms. The normalized spacial score (nSPS) is 25.3. The van der Waals surface area contributed by atoms with E-state index >= 15 is 14.4 Å². The minimum absolute atomic E-state index is 0.0660. The second kappa shape index (κ2) is 48.2. The molecule has 48 nitrogen and oxygen atoms in total. The van der Waals surface area contributed by atoms with Gasteiger partial charge in [0.05, 0.1) is 31.9 Å². The number of nitrogens with one attached hydrogen (secondary N) is 10. The Labute approximate surface area is 693 Å². The molecule has 4 fully saturated rings. The molecule has 0 saturated carbocycles. The van der Waals surface area contributed by atoms with Gasteiger partial charge in [0.15, 0.2) is 55.5 Å². The predicted octanol–water partition coefficient (Wildman–Crippen LogP) is -6.70. The molecule has 12 amide bonds. The largest absolute Gasteiger partial charge is 0.481 e. The average molecular weight is 1730 g/mol. The predicted molar refractivity (Wildman–Crippen MR) is 400 cm³/mol. The Morgan fingerprint density at radius 1 is 0.430 bits per heavy atom. The topological polar surface area (TPSA) is 657 Å². The van der Waals surface area contributed by atoms with Crippen LogP contribution in [0.5, 0.6) is 0 Å². The van der Waals surface area contributed by atoms with E-state index < -0.39 is 317 Å². The zero-order valence-corrected chi connectivity index (χ0v) is 69.9. The fraction of sp³-hybridized carbons (Fsp3) is 0.712. The summed E-state index contributed by atoms with van der Waals surface area (Å²) in [5, 5.41) is 33.6. The van der Waals surface area contributed by atoms with Crippen LogP contribution in [-0.4, -0.2) is 314 Å². The van der Waals surface area contributed by atoms with Gasteiger partial charge in [-0.3, -0.25) is 101 Å². The first-order valence-corrected chi connectivity index (χ1v) is 38.3. The van der Waals surface area contributed by atoms with Crippen LogP contribution in [0.25, 0.3) is 0 Å². The molecule has 0 aliphatic carbocycles. The third-order valence-corrected chi connectivity index (χ3v) is 18.1. The van der Waals surface area contributed by atoms with Gasteiger partial charge in [0.25, 0.3) is 0 Å². The molecular weight excluding hydrogens is 1620 g/mol. The Kier molecular flexibility index (Phi) is 40.6. The van der Waals surface area contributed by atoms with Gasteiger partial charge < -0.3 is 135 Å². The van der Waals surface area contributed by atoms with Gasteiger partial charge in [-0.1, -0.05) is 13.8 Å². The number of esters is 8. The maximum atomic E-state index is 16.0. The fourth-order valence-corrected chi connectivity index (χ4v) is 13.3. The van der Waals surface area contributed by atoms with Gasteiger partial charge in [-0.25, -0.2) is 0 Å². The monoisotopic (exact) mass is 1730 g/mol. The highest BCUT2D eigenvalue weighted by Gasteiger charge is 2.57. The summed E-state index contributed by atoms with van der Waals surface area (Å²) >= 11 is 0. The van der Waals surface area contributed by atoms with Crippen molar-refractivity contribution in [2.45, 2.75) is 290 Å². The van der Waals surface area contributed by atoms with E-state index in [1.54, 1.807) is 13.8 Å². The van der Waals surface area contributed by atoms with Crippen LogP contribution in [0.2, 0.25) is 0 Å². The number of carbonyl (C=O) groups excluding carboxylic acids is 20. The van der Waals surface area contributed by atoms with Crippen molar-refractivity contribution >= 4 is 125 Å². The van der Waals surface area contributed by atoms with Crippen molar-refractivity contribution in [3.05, 3.63) is 0 Å². The molecule has 0 radical (unpaired) electrons. The van der Waals surface area contributed by atoms with Crippen molar-refractivity contribution in [1.29, 1.82) is 0 Å². The number of carboxylic acid groups (broad SMARTS) is 1. The van der Waals surface area contributed by atoms with Gasteiger partial charge in [0.2, 0.25) is 70.9 Å². The van der Waals surface area contributed by atoms with Gasteiger partial charge in [0.1, 0.15) is 85.9 Å². The third-order valence-electron chi connectivity index (χ3n) is 18.1. The van der Waals surface area contributed by atoms with Crippen LogP contribution in [0.3, 0.4) is 0 Å². The molecule has 23 atom stereocenters. The summed E-state index contributed by atoms with van der Waals surface area (Å²) in [5.74, 6) is -22.2. The minimum Gasteiger partial charge on any atom is -0.481 e. The van der Waals surface area contributed by atoms with E-state index in [4.69, 9.17) is 72.0 Å². The molecule has 4 saturated heterocycles.